The highest BCUT2D eigenvalue weighted by Gasteiger charge is 2.03. The number of ether oxygens (including phenoxy) is 1. The number of aromatic nitrogens is 1. The first-order valence-electron chi connectivity index (χ1n) is 6.64. The average Bonchev–Trinajstić information content (AvgIpc) is 2.52. The third-order valence-corrected chi connectivity index (χ3v) is 2.93. The van der Waals surface area contributed by atoms with Gasteiger partial charge in [-0.15, -0.1) is 0 Å². The van der Waals surface area contributed by atoms with Crippen LogP contribution in [0.2, 0.25) is 0 Å². The smallest absolute Gasteiger partial charge is 0.319 e. The molecule has 0 saturated heterocycles. The number of nitrogens with one attached hydrogen (secondary N) is 2. The second-order valence-electron chi connectivity index (χ2n) is 4.46. The molecule has 2 rings (SSSR count). The minimum Gasteiger partial charge on any atom is -0.487 e. The van der Waals surface area contributed by atoms with E-state index in [1.807, 2.05) is 30.3 Å². The summed E-state index contributed by atoms with van der Waals surface area (Å²) in [6.45, 7) is 4.39. The van der Waals surface area contributed by atoms with Crippen molar-refractivity contribution in [3.05, 3.63) is 65.4 Å². The van der Waals surface area contributed by atoms with E-state index >= 15 is 0 Å². The van der Waals surface area contributed by atoms with Gasteiger partial charge in [0.25, 0.3) is 0 Å². The van der Waals surface area contributed by atoms with Gasteiger partial charge >= 0.3 is 6.03 Å². The van der Waals surface area contributed by atoms with E-state index in [0.29, 0.717) is 29.1 Å². The first-order chi connectivity index (χ1) is 10.6. The molecule has 0 saturated carbocycles. The third kappa shape index (κ3) is 5.57. The molecule has 0 aliphatic carbocycles. The van der Waals surface area contributed by atoms with Crippen LogP contribution in [-0.2, 0) is 6.61 Å². The zero-order chi connectivity index (χ0) is 15.8. The number of carbonyl (C=O) groups is 1. The molecule has 114 valence electrons. The number of hydrogen-bond donors (Lipinski definition) is 2. The maximum Gasteiger partial charge on any atom is 0.319 e. The predicted molar refractivity (Wildman–Crippen MR) is 90.1 cm³/mol. The molecule has 22 heavy (non-hydrogen) atoms. The summed E-state index contributed by atoms with van der Waals surface area (Å²) in [5.74, 6) is 0.661. The number of benzene rings is 1. The van der Waals surface area contributed by atoms with Crippen LogP contribution >= 0.6 is 15.9 Å². The molecule has 2 aromatic rings. The van der Waals surface area contributed by atoms with E-state index in [1.54, 1.807) is 18.3 Å². The fraction of sp³-hybridized carbons (Fsp3) is 0.125. The number of pyridine rings is 1. The van der Waals surface area contributed by atoms with E-state index in [2.05, 4.69) is 38.1 Å². The SMILES string of the molecule is C=C(Br)CNC(=O)Nc1cccc(OCc2ccccn2)c1. The van der Waals surface area contributed by atoms with Crippen molar-refractivity contribution in [3.8, 4) is 5.75 Å². The van der Waals surface area contributed by atoms with Gasteiger partial charge < -0.3 is 15.4 Å². The summed E-state index contributed by atoms with van der Waals surface area (Å²) in [5.41, 5.74) is 1.49. The Hall–Kier alpha value is -2.34. The monoisotopic (exact) mass is 361 g/mol. The van der Waals surface area contributed by atoms with Crippen LogP contribution in [0.15, 0.2) is 59.7 Å². The normalized spacial score (nSPS) is 9.86. The number of halogens is 1. The maximum atomic E-state index is 11.7. The minimum absolute atomic E-state index is 0.303. The van der Waals surface area contributed by atoms with Gasteiger partial charge in [-0.05, 0) is 24.3 Å². The molecule has 2 N–H and O–H groups in total. The number of amides is 2. The highest BCUT2D eigenvalue weighted by molar-refractivity contribution is 9.11. The average molecular weight is 362 g/mol. The minimum atomic E-state index is -0.303. The quantitative estimate of drug-likeness (QED) is 0.824. The number of nitrogens with zero attached hydrogens (tertiary/aromatic N) is 1. The predicted octanol–water partition coefficient (Wildman–Crippen LogP) is 3.69. The van der Waals surface area contributed by atoms with E-state index in [1.165, 1.54) is 0 Å². The van der Waals surface area contributed by atoms with Gasteiger partial charge in [0.05, 0.1) is 12.2 Å². The second kappa shape index (κ2) is 8.19. The molecule has 0 unspecified atom stereocenters. The van der Waals surface area contributed by atoms with Gasteiger partial charge in [-0.25, -0.2) is 4.79 Å². The molecule has 6 heteroatoms. The molecule has 0 radical (unpaired) electrons. The van der Waals surface area contributed by atoms with E-state index in [-0.39, 0.29) is 6.03 Å². The van der Waals surface area contributed by atoms with Gasteiger partial charge in [-0.2, -0.15) is 0 Å². The molecule has 0 spiro atoms. The Morgan fingerprint density at radius 2 is 2.14 bits per heavy atom. The Kier molecular flexibility index (Phi) is 5.97. The van der Waals surface area contributed by atoms with Crippen molar-refractivity contribution in [1.82, 2.24) is 10.3 Å². The van der Waals surface area contributed by atoms with Gasteiger partial charge in [-0.1, -0.05) is 34.6 Å². The van der Waals surface area contributed by atoms with Crippen molar-refractivity contribution in [1.29, 1.82) is 0 Å². The van der Waals surface area contributed by atoms with Crippen molar-refractivity contribution in [2.75, 3.05) is 11.9 Å². The van der Waals surface area contributed by atoms with Crippen LogP contribution in [0.5, 0.6) is 5.75 Å². The van der Waals surface area contributed by atoms with Crippen LogP contribution in [0.1, 0.15) is 5.69 Å². The molecule has 2 amide bonds. The topological polar surface area (TPSA) is 63.2 Å². The first kappa shape index (κ1) is 16.0. The van der Waals surface area contributed by atoms with Crippen LogP contribution in [0.25, 0.3) is 0 Å². The molecule has 0 aliphatic rings. The Morgan fingerprint density at radius 3 is 2.86 bits per heavy atom. The molecule has 0 aliphatic heterocycles. The molecule has 0 fully saturated rings. The van der Waals surface area contributed by atoms with E-state index < -0.39 is 0 Å². The lowest BCUT2D eigenvalue weighted by molar-refractivity contribution is 0.253. The molecule has 1 heterocycles. The highest BCUT2D eigenvalue weighted by atomic mass is 79.9. The molecular formula is C16H16BrN3O2. The maximum absolute atomic E-state index is 11.7. The van der Waals surface area contributed by atoms with Crippen molar-refractivity contribution >= 4 is 27.6 Å². The number of rotatable bonds is 6. The number of anilines is 1. The Labute approximate surface area is 137 Å². The van der Waals surface area contributed by atoms with Gasteiger partial charge in [0.15, 0.2) is 0 Å². The fourth-order valence-electron chi connectivity index (χ4n) is 1.66. The van der Waals surface area contributed by atoms with Crippen molar-refractivity contribution < 1.29 is 9.53 Å². The van der Waals surface area contributed by atoms with Crippen LogP contribution in [0.3, 0.4) is 0 Å². The molecule has 5 nitrogen and oxygen atoms in total. The lowest BCUT2D eigenvalue weighted by Gasteiger charge is -2.09. The van der Waals surface area contributed by atoms with E-state index in [9.17, 15) is 4.79 Å². The van der Waals surface area contributed by atoms with Crippen molar-refractivity contribution in [3.63, 3.8) is 0 Å². The van der Waals surface area contributed by atoms with Crippen LogP contribution in [-0.4, -0.2) is 17.6 Å². The molecule has 0 atom stereocenters. The Bertz CT molecular complexity index is 647. The number of urea groups is 1. The summed E-state index contributed by atoms with van der Waals surface area (Å²) in [7, 11) is 0. The standard InChI is InChI=1S/C16H16BrN3O2/c1-12(17)10-19-16(21)20-13-6-4-7-15(9-13)22-11-14-5-2-3-8-18-14/h2-9H,1,10-11H2,(H2,19,20,21). The van der Waals surface area contributed by atoms with Gasteiger partial charge in [-0.3, -0.25) is 4.98 Å². The zero-order valence-electron chi connectivity index (χ0n) is 11.9. The summed E-state index contributed by atoms with van der Waals surface area (Å²) in [6.07, 6.45) is 1.72. The highest BCUT2D eigenvalue weighted by Crippen LogP contribution is 2.18. The van der Waals surface area contributed by atoms with Gasteiger partial charge in [0.1, 0.15) is 12.4 Å². The first-order valence-corrected chi connectivity index (χ1v) is 7.43. The Balaban J connectivity index is 1.89. The Morgan fingerprint density at radius 1 is 1.27 bits per heavy atom. The third-order valence-electron chi connectivity index (χ3n) is 2.65. The molecular weight excluding hydrogens is 346 g/mol. The fourth-order valence-corrected chi connectivity index (χ4v) is 1.80. The van der Waals surface area contributed by atoms with E-state index in [4.69, 9.17) is 4.74 Å². The van der Waals surface area contributed by atoms with Crippen LogP contribution in [0.4, 0.5) is 10.5 Å². The summed E-state index contributed by atoms with van der Waals surface area (Å²) in [4.78, 5) is 15.9. The molecule has 1 aromatic carbocycles. The van der Waals surface area contributed by atoms with Crippen molar-refractivity contribution in [2.45, 2.75) is 6.61 Å². The zero-order valence-corrected chi connectivity index (χ0v) is 13.5. The molecule has 1 aromatic heterocycles. The second-order valence-corrected chi connectivity index (χ2v) is 5.58. The van der Waals surface area contributed by atoms with E-state index in [0.717, 1.165) is 5.69 Å². The van der Waals surface area contributed by atoms with Gasteiger partial charge in [0, 0.05) is 22.4 Å². The molecule has 0 bridgehead atoms. The summed E-state index contributed by atoms with van der Waals surface area (Å²) in [6, 6.07) is 12.5. The lowest BCUT2D eigenvalue weighted by Crippen LogP contribution is -2.29. The number of hydrogen-bond acceptors (Lipinski definition) is 3. The van der Waals surface area contributed by atoms with Crippen molar-refractivity contribution in [2.24, 2.45) is 0 Å². The summed E-state index contributed by atoms with van der Waals surface area (Å²) in [5, 5.41) is 5.39. The largest absolute Gasteiger partial charge is 0.487 e. The lowest BCUT2D eigenvalue weighted by atomic mass is 10.3. The summed E-state index contributed by atoms with van der Waals surface area (Å²) >= 11 is 3.18. The van der Waals surface area contributed by atoms with Crippen LogP contribution < -0.4 is 15.4 Å². The summed E-state index contributed by atoms with van der Waals surface area (Å²) < 4.78 is 6.36. The number of carbonyl (C=O) groups excluding carboxylic acids is 1. The van der Waals surface area contributed by atoms with Crippen LogP contribution in [0, 0.1) is 0 Å². The van der Waals surface area contributed by atoms with Gasteiger partial charge in [0.2, 0.25) is 0 Å².